The lowest BCUT2D eigenvalue weighted by molar-refractivity contribution is -0.118. The monoisotopic (exact) mass is 382 g/mol. The number of hydrogen-bond donors (Lipinski definition) is 1. The lowest BCUT2D eigenvalue weighted by atomic mass is 9.88. The molecule has 3 rings (SSSR count). The van der Waals surface area contributed by atoms with Crippen molar-refractivity contribution in [2.45, 2.75) is 46.5 Å². The van der Waals surface area contributed by atoms with Gasteiger partial charge in [0.05, 0.1) is 0 Å². The molecule has 138 valence electrons. The molecule has 1 amide bonds. The maximum atomic E-state index is 12.6. The first-order valence-electron chi connectivity index (χ1n) is 9.16. The fourth-order valence-corrected chi connectivity index (χ4v) is 4.37. The first-order valence-corrected chi connectivity index (χ1v) is 9.92. The molecule has 0 unspecified atom stereocenters. The molecular weight excluding hydrogens is 355 g/mol. The number of halogens is 2. The maximum Gasteiger partial charge on any atom is 0.228 e. The van der Waals surface area contributed by atoms with Crippen LogP contribution in [0.5, 0.6) is 0 Å². The van der Waals surface area contributed by atoms with Gasteiger partial charge in [-0.25, -0.2) is 0 Å². The Morgan fingerprint density at radius 2 is 1.80 bits per heavy atom. The summed E-state index contributed by atoms with van der Waals surface area (Å²) < 4.78 is 0. The van der Waals surface area contributed by atoms with Crippen LogP contribution in [0.1, 0.15) is 46.5 Å². The Morgan fingerprint density at radius 3 is 2.36 bits per heavy atom. The molecule has 2 fully saturated rings. The summed E-state index contributed by atoms with van der Waals surface area (Å²) in [5.41, 5.74) is 1.30. The molecule has 1 N–H and O–H groups in total. The lowest BCUT2D eigenvalue weighted by Crippen LogP contribution is -2.37. The van der Waals surface area contributed by atoms with Crippen molar-refractivity contribution in [3.8, 4) is 0 Å². The van der Waals surface area contributed by atoms with Crippen LogP contribution in [-0.4, -0.2) is 30.4 Å². The average molecular weight is 383 g/mol. The van der Waals surface area contributed by atoms with Gasteiger partial charge in [-0.05, 0) is 74.3 Å². The number of nitrogens with one attached hydrogen (secondary N) is 1. The number of amides is 1. The van der Waals surface area contributed by atoms with Crippen molar-refractivity contribution >= 4 is 34.8 Å². The summed E-state index contributed by atoms with van der Waals surface area (Å²) in [6.07, 6.45) is 4.50. The lowest BCUT2D eigenvalue weighted by Gasteiger charge is -2.34. The quantitative estimate of drug-likeness (QED) is 0.748. The minimum Gasteiger partial charge on any atom is -0.326 e. The average Bonchev–Trinajstić information content (AvgIpc) is 3.19. The molecule has 3 nitrogen and oxygen atoms in total. The number of anilines is 1. The van der Waals surface area contributed by atoms with E-state index in [2.05, 4.69) is 31.0 Å². The van der Waals surface area contributed by atoms with Crippen LogP contribution >= 0.6 is 23.2 Å². The summed E-state index contributed by atoms with van der Waals surface area (Å²) in [7, 11) is 0. The zero-order chi connectivity index (χ0) is 18.2. The fraction of sp³-hybridized carbons (Fsp3) is 0.650. The SMILES string of the molecule is CC(C)(C)CCN1CCC2(CC1)C[C@@H]2C(=O)Nc1cc(Cl)cc(Cl)c1. The highest BCUT2D eigenvalue weighted by Gasteiger charge is 2.58. The van der Waals surface area contributed by atoms with Crippen LogP contribution in [0.25, 0.3) is 0 Å². The Morgan fingerprint density at radius 1 is 1.20 bits per heavy atom. The molecule has 1 saturated carbocycles. The van der Waals surface area contributed by atoms with Crippen LogP contribution in [0.2, 0.25) is 10.0 Å². The molecule has 1 aliphatic carbocycles. The topological polar surface area (TPSA) is 32.3 Å². The first-order chi connectivity index (χ1) is 11.7. The number of nitrogens with zero attached hydrogens (tertiary/aromatic N) is 1. The fourth-order valence-electron chi connectivity index (χ4n) is 3.84. The molecule has 1 aliphatic heterocycles. The Labute approximate surface area is 161 Å². The smallest absolute Gasteiger partial charge is 0.228 e. The van der Waals surface area contributed by atoms with Crippen molar-refractivity contribution in [1.29, 1.82) is 0 Å². The minimum absolute atomic E-state index is 0.112. The van der Waals surface area contributed by atoms with Crippen molar-refractivity contribution in [2.75, 3.05) is 25.0 Å². The van der Waals surface area contributed by atoms with Crippen LogP contribution in [0.4, 0.5) is 5.69 Å². The molecular formula is C20H28Cl2N2O. The van der Waals surface area contributed by atoms with Crippen LogP contribution in [0.3, 0.4) is 0 Å². The predicted molar refractivity (Wildman–Crippen MR) is 105 cm³/mol. The van der Waals surface area contributed by atoms with Crippen molar-refractivity contribution in [3.63, 3.8) is 0 Å². The number of benzene rings is 1. The summed E-state index contributed by atoms with van der Waals surface area (Å²) >= 11 is 12.0. The van der Waals surface area contributed by atoms with E-state index in [4.69, 9.17) is 23.2 Å². The van der Waals surface area contributed by atoms with Gasteiger partial charge in [0.15, 0.2) is 0 Å². The summed E-state index contributed by atoms with van der Waals surface area (Å²) in [5.74, 6) is 0.247. The van der Waals surface area contributed by atoms with E-state index in [9.17, 15) is 4.79 Å². The number of hydrogen-bond acceptors (Lipinski definition) is 2. The Kier molecular flexibility index (Phi) is 5.39. The van der Waals surface area contributed by atoms with Crippen LogP contribution in [-0.2, 0) is 4.79 Å². The Hall–Kier alpha value is -0.770. The molecule has 2 aliphatic rings. The van der Waals surface area contributed by atoms with E-state index in [0.29, 0.717) is 21.1 Å². The summed E-state index contributed by atoms with van der Waals surface area (Å²) in [6, 6.07) is 5.16. The van der Waals surface area contributed by atoms with Crippen molar-refractivity contribution in [3.05, 3.63) is 28.2 Å². The molecule has 0 bridgehead atoms. The second-order valence-corrected chi connectivity index (χ2v) is 9.79. The van der Waals surface area contributed by atoms with E-state index in [1.807, 2.05) is 0 Å². The van der Waals surface area contributed by atoms with Gasteiger partial charge in [0, 0.05) is 21.7 Å². The number of carbonyl (C=O) groups is 1. The molecule has 25 heavy (non-hydrogen) atoms. The molecule has 1 aromatic carbocycles. The van der Waals surface area contributed by atoms with Gasteiger partial charge in [-0.1, -0.05) is 44.0 Å². The van der Waals surface area contributed by atoms with Gasteiger partial charge in [0.2, 0.25) is 5.91 Å². The summed E-state index contributed by atoms with van der Waals surface area (Å²) in [5, 5.41) is 4.08. The number of likely N-dealkylation sites (tertiary alicyclic amines) is 1. The molecule has 1 saturated heterocycles. The Bertz CT molecular complexity index is 625. The largest absolute Gasteiger partial charge is 0.326 e. The van der Waals surface area contributed by atoms with Gasteiger partial charge in [-0.15, -0.1) is 0 Å². The van der Waals surface area contributed by atoms with E-state index < -0.39 is 0 Å². The van der Waals surface area contributed by atoms with Gasteiger partial charge in [0.1, 0.15) is 0 Å². The maximum absolute atomic E-state index is 12.6. The minimum atomic E-state index is 0.112. The van der Waals surface area contributed by atoms with Crippen molar-refractivity contribution < 1.29 is 4.79 Å². The van der Waals surface area contributed by atoms with Gasteiger partial charge < -0.3 is 10.2 Å². The van der Waals surface area contributed by atoms with Crippen molar-refractivity contribution in [1.82, 2.24) is 4.90 Å². The number of piperidine rings is 1. The molecule has 0 radical (unpaired) electrons. The van der Waals surface area contributed by atoms with Crippen LogP contribution in [0.15, 0.2) is 18.2 Å². The van der Waals surface area contributed by atoms with Gasteiger partial charge in [-0.3, -0.25) is 4.79 Å². The highest BCUT2D eigenvalue weighted by atomic mass is 35.5. The first kappa shape index (κ1) is 19.0. The highest BCUT2D eigenvalue weighted by molar-refractivity contribution is 6.35. The predicted octanol–water partition coefficient (Wildman–Crippen LogP) is 5.47. The summed E-state index contributed by atoms with van der Waals surface area (Å²) in [6.45, 7) is 10.3. The molecule has 5 heteroatoms. The zero-order valence-electron chi connectivity index (χ0n) is 15.4. The van der Waals surface area contributed by atoms with Gasteiger partial charge >= 0.3 is 0 Å². The highest BCUT2D eigenvalue weighted by Crippen LogP contribution is 2.59. The normalized spacial score (nSPS) is 22.8. The van der Waals surface area contributed by atoms with Crippen LogP contribution < -0.4 is 5.32 Å². The van der Waals surface area contributed by atoms with E-state index in [1.165, 1.54) is 6.42 Å². The van der Waals surface area contributed by atoms with Gasteiger partial charge in [-0.2, -0.15) is 0 Å². The number of carbonyl (C=O) groups excluding carboxylic acids is 1. The zero-order valence-corrected chi connectivity index (χ0v) is 16.9. The summed E-state index contributed by atoms with van der Waals surface area (Å²) in [4.78, 5) is 15.2. The number of rotatable bonds is 4. The molecule has 1 heterocycles. The molecule has 0 aromatic heterocycles. The van der Waals surface area contributed by atoms with Crippen molar-refractivity contribution in [2.24, 2.45) is 16.7 Å². The van der Waals surface area contributed by atoms with E-state index >= 15 is 0 Å². The second-order valence-electron chi connectivity index (χ2n) is 8.92. The van der Waals surface area contributed by atoms with Crippen LogP contribution in [0, 0.1) is 16.7 Å². The van der Waals surface area contributed by atoms with E-state index in [-0.39, 0.29) is 17.2 Å². The second kappa shape index (κ2) is 7.09. The standard InChI is InChI=1S/C20H28Cl2N2O/c1-19(2,3)4-7-24-8-5-20(6-9-24)13-17(20)18(25)23-16-11-14(21)10-15(22)12-16/h10-12,17H,4-9,13H2,1-3H3,(H,23,25)/t17-/m1/s1. The third kappa shape index (κ3) is 4.90. The Balaban J connectivity index is 1.50. The van der Waals surface area contributed by atoms with E-state index in [0.717, 1.165) is 38.9 Å². The third-order valence-corrected chi connectivity index (χ3v) is 6.10. The molecule has 1 aromatic rings. The molecule has 1 atom stereocenters. The molecule has 1 spiro atoms. The third-order valence-electron chi connectivity index (χ3n) is 5.67. The van der Waals surface area contributed by atoms with Gasteiger partial charge in [0.25, 0.3) is 0 Å². The van der Waals surface area contributed by atoms with E-state index in [1.54, 1.807) is 18.2 Å².